The number of H-pyrrole nitrogens is 2. The summed E-state index contributed by atoms with van der Waals surface area (Å²) in [5, 5.41) is 3.62. The Hall–Kier alpha value is -2.54. The van der Waals surface area contributed by atoms with E-state index in [2.05, 4.69) is 20.3 Å². The third-order valence-electron chi connectivity index (χ3n) is 3.86. The van der Waals surface area contributed by atoms with E-state index in [0.717, 1.165) is 21.7 Å². The van der Waals surface area contributed by atoms with Crippen LogP contribution in [0.1, 0.15) is 27.3 Å². The maximum Gasteiger partial charge on any atom is 0.254 e. The molecule has 0 spiro atoms. The second-order valence-corrected chi connectivity index (χ2v) is 6.38. The van der Waals surface area contributed by atoms with Gasteiger partial charge in [-0.05, 0) is 38.3 Å². The van der Waals surface area contributed by atoms with E-state index in [-0.39, 0.29) is 18.0 Å². The Morgan fingerprint density at radius 2 is 2.12 bits per heavy atom. The Kier molecular flexibility index (Phi) is 4.44. The molecule has 0 saturated carbocycles. The van der Waals surface area contributed by atoms with Gasteiger partial charge in [0.2, 0.25) is 0 Å². The molecule has 3 rings (SSSR count). The molecular weight excluding hydrogens is 324 g/mol. The average Bonchev–Trinajstić information content (AvgIpc) is 2.88. The number of carbonyl (C=O) groups is 1. The van der Waals surface area contributed by atoms with Gasteiger partial charge in [0.1, 0.15) is 5.65 Å². The number of nitrogens with one attached hydrogen (secondary N) is 3. The maximum absolute atomic E-state index is 12.6. The van der Waals surface area contributed by atoms with Crippen molar-refractivity contribution in [3.8, 4) is 0 Å². The highest BCUT2D eigenvalue weighted by atomic mass is 32.2. The van der Waals surface area contributed by atoms with Crippen LogP contribution in [0, 0.1) is 13.8 Å². The van der Waals surface area contributed by atoms with Crippen molar-refractivity contribution in [1.29, 1.82) is 0 Å². The molecule has 0 atom stereocenters. The third-order valence-corrected chi connectivity index (χ3v) is 4.66. The van der Waals surface area contributed by atoms with Crippen LogP contribution in [-0.4, -0.2) is 27.1 Å². The van der Waals surface area contributed by atoms with Gasteiger partial charge in [-0.1, -0.05) is 0 Å². The summed E-state index contributed by atoms with van der Waals surface area (Å²) in [5.41, 5.74) is 3.20. The molecule has 0 radical (unpaired) electrons. The summed E-state index contributed by atoms with van der Waals surface area (Å²) >= 11 is 1.49. The van der Waals surface area contributed by atoms with Crippen LogP contribution in [0.4, 0.5) is 0 Å². The van der Waals surface area contributed by atoms with Gasteiger partial charge in [-0.25, -0.2) is 4.98 Å². The van der Waals surface area contributed by atoms with E-state index in [0.29, 0.717) is 16.8 Å². The average molecular weight is 342 g/mol. The Bertz CT molecular complexity index is 974. The molecule has 0 aliphatic rings. The zero-order valence-corrected chi connectivity index (χ0v) is 14.5. The lowest BCUT2D eigenvalue weighted by molar-refractivity contribution is 0.0951. The lowest BCUT2D eigenvalue weighted by Gasteiger charge is -2.09. The number of fused-ring (bicyclic) bond motifs is 1. The minimum Gasteiger partial charge on any atom is -0.348 e. The molecule has 0 saturated heterocycles. The predicted octanol–water partition coefficient (Wildman–Crippen LogP) is 2.52. The first-order valence-corrected chi connectivity index (χ1v) is 8.72. The van der Waals surface area contributed by atoms with E-state index in [1.54, 1.807) is 12.3 Å². The maximum atomic E-state index is 12.6. The largest absolute Gasteiger partial charge is 0.348 e. The van der Waals surface area contributed by atoms with Gasteiger partial charge in [0.15, 0.2) is 0 Å². The monoisotopic (exact) mass is 342 g/mol. The van der Waals surface area contributed by atoms with Crippen molar-refractivity contribution in [2.45, 2.75) is 25.3 Å². The molecule has 0 aliphatic heterocycles. The number of rotatable bonds is 4. The molecule has 3 aromatic rings. The second kappa shape index (κ2) is 6.52. The van der Waals surface area contributed by atoms with Gasteiger partial charge >= 0.3 is 0 Å². The fourth-order valence-corrected chi connectivity index (χ4v) is 3.44. The van der Waals surface area contributed by atoms with Crippen molar-refractivity contribution in [1.82, 2.24) is 20.3 Å². The Labute approximate surface area is 143 Å². The zero-order chi connectivity index (χ0) is 17.3. The van der Waals surface area contributed by atoms with Crippen LogP contribution in [0.5, 0.6) is 0 Å². The molecule has 0 fully saturated rings. The Morgan fingerprint density at radius 1 is 1.33 bits per heavy atom. The number of amides is 1. The summed E-state index contributed by atoms with van der Waals surface area (Å²) < 4.78 is 0. The second-order valence-electron chi connectivity index (χ2n) is 5.54. The van der Waals surface area contributed by atoms with Crippen LogP contribution in [0.25, 0.3) is 11.0 Å². The predicted molar refractivity (Wildman–Crippen MR) is 95.6 cm³/mol. The molecule has 24 heavy (non-hydrogen) atoms. The Balaban J connectivity index is 1.89. The lowest BCUT2D eigenvalue weighted by atomic mass is 10.1. The highest BCUT2D eigenvalue weighted by Crippen LogP contribution is 2.21. The quantitative estimate of drug-likeness (QED) is 0.636. The van der Waals surface area contributed by atoms with Gasteiger partial charge in [-0.15, -0.1) is 11.8 Å². The number of aryl methyl sites for hydroxylation is 2. The van der Waals surface area contributed by atoms with Gasteiger partial charge in [-0.2, -0.15) is 0 Å². The van der Waals surface area contributed by atoms with E-state index in [1.165, 1.54) is 11.8 Å². The number of thioether (sulfide) groups is 1. The smallest absolute Gasteiger partial charge is 0.254 e. The van der Waals surface area contributed by atoms with Crippen molar-refractivity contribution in [3.05, 3.63) is 57.3 Å². The van der Waals surface area contributed by atoms with Gasteiger partial charge in [0.25, 0.3) is 11.5 Å². The molecule has 124 valence electrons. The number of carbonyl (C=O) groups excluding carboxylic acids is 1. The third kappa shape index (κ3) is 2.94. The van der Waals surface area contributed by atoms with E-state index in [9.17, 15) is 9.59 Å². The molecular formula is C17H18N4O2S. The van der Waals surface area contributed by atoms with E-state index in [1.807, 2.05) is 32.2 Å². The molecule has 1 amide bonds. The number of aromatic nitrogens is 3. The molecule has 3 aromatic heterocycles. The van der Waals surface area contributed by atoms with Gasteiger partial charge in [0.05, 0.1) is 5.56 Å². The standard InChI is InChI=1S/C17H18N4O2S/c1-9-7-13(24-3)12(16(22)20-9)8-19-17(23)14-10(2)21-15-11(14)5-4-6-18-15/h4-7H,8H2,1-3H3,(H,18,21)(H,19,23)(H,20,22). The number of nitrogens with zero attached hydrogens (tertiary/aromatic N) is 1. The molecule has 6 nitrogen and oxygen atoms in total. The van der Waals surface area contributed by atoms with Crippen LogP contribution in [0.2, 0.25) is 0 Å². The SMILES string of the molecule is CSc1cc(C)[nH]c(=O)c1CNC(=O)c1c(C)[nH]c2ncccc12. The van der Waals surface area contributed by atoms with Crippen molar-refractivity contribution in [2.24, 2.45) is 0 Å². The van der Waals surface area contributed by atoms with Crippen LogP contribution < -0.4 is 10.9 Å². The summed E-state index contributed by atoms with van der Waals surface area (Å²) in [6.07, 6.45) is 3.59. The summed E-state index contributed by atoms with van der Waals surface area (Å²) in [5.74, 6) is -0.223. The normalized spacial score (nSPS) is 11.0. The Morgan fingerprint density at radius 3 is 2.88 bits per heavy atom. The van der Waals surface area contributed by atoms with Crippen molar-refractivity contribution in [2.75, 3.05) is 6.26 Å². The summed E-state index contributed by atoms with van der Waals surface area (Å²) in [6, 6.07) is 5.56. The first-order chi connectivity index (χ1) is 11.5. The van der Waals surface area contributed by atoms with Gasteiger partial charge < -0.3 is 15.3 Å². The summed E-state index contributed by atoms with van der Waals surface area (Å²) in [7, 11) is 0. The number of hydrogen-bond acceptors (Lipinski definition) is 4. The van der Waals surface area contributed by atoms with Crippen molar-refractivity contribution >= 4 is 28.7 Å². The van der Waals surface area contributed by atoms with Crippen LogP contribution >= 0.6 is 11.8 Å². The minimum absolute atomic E-state index is 0.169. The lowest BCUT2D eigenvalue weighted by Crippen LogP contribution is -2.28. The van der Waals surface area contributed by atoms with E-state index in [4.69, 9.17) is 0 Å². The molecule has 7 heteroatoms. The van der Waals surface area contributed by atoms with Crippen LogP contribution in [-0.2, 0) is 6.54 Å². The summed E-state index contributed by atoms with van der Waals surface area (Å²) in [6.45, 7) is 3.85. The van der Waals surface area contributed by atoms with E-state index >= 15 is 0 Å². The molecule has 0 unspecified atom stereocenters. The van der Waals surface area contributed by atoms with Crippen molar-refractivity contribution in [3.63, 3.8) is 0 Å². The highest BCUT2D eigenvalue weighted by Gasteiger charge is 2.17. The van der Waals surface area contributed by atoms with Crippen LogP contribution in [0.15, 0.2) is 34.1 Å². The van der Waals surface area contributed by atoms with Gasteiger partial charge in [-0.3, -0.25) is 9.59 Å². The van der Waals surface area contributed by atoms with E-state index < -0.39 is 0 Å². The molecule has 0 aromatic carbocycles. The van der Waals surface area contributed by atoms with Gasteiger partial charge in [0, 0.05) is 40.0 Å². The number of pyridine rings is 2. The number of aromatic amines is 2. The zero-order valence-electron chi connectivity index (χ0n) is 13.7. The minimum atomic E-state index is -0.223. The molecule has 3 N–H and O–H groups in total. The first-order valence-electron chi connectivity index (χ1n) is 7.49. The highest BCUT2D eigenvalue weighted by molar-refractivity contribution is 7.98. The number of hydrogen-bond donors (Lipinski definition) is 3. The fourth-order valence-electron chi connectivity index (χ4n) is 2.73. The first kappa shape index (κ1) is 16.3. The molecule has 0 bridgehead atoms. The van der Waals surface area contributed by atoms with Crippen molar-refractivity contribution < 1.29 is 4.79 Å². The van der Waals surface area contributed by atoms with Crippen LogP contribution in [0.3, 0.4) is 0 Å². The topological polar surface area (TPSA) is 90.6 Å². The molecule has 3 heterocycles. The fraction of sp³-hybridized carbons (Fsp3) is 0.235. The molecule has 0 aliphatic carbocycles. The summed E-state index contributed by atoms with van der Waals surface area (Å²) in [4.78, 5) is 35.7.